The van der Waals surface area contributed by atoms with Gasteiger partial charge in [0.25, 0.3) is 5.24 Å². The molecule has 3 heteroatoms. The SMILES string of the molecule is Cc1ccccc1Cc1cc(F)ccc1C(=O)Cl. The van der Waals surface area contributed by atoms with Gasteiger partial charge in [-0.05, 0) is 59.8 Å². The first-order valence-corrected chi connectivity index (χ1v) is 5.98. The van der Waals surface area contributed by atoms with Crippen LogP contribution in [0.5, 0.6) is 0 Å². The molecule has 0 saturated carbocycles. The Morgan fingerprint density at radius 3 is 2.56 bits per heavy atom. The van der Waals surface area contributed by atoms with E-state index >= 15 is 0 Å². The van der Waals surface area contributed by atoms with Crippen LogP contribution in [0, 0.1) is 12.7 Å². The summed E-state index contributed by atoms with van der Waals surface area (Å²) in [5.74, 6) is -0.361. The highest BCUT2D eigenvalue weighted by Gasteiger charge is 2.11. The second kappa shape index (κ2) is 5.32. The molecular weight excluding hydrogens is 251 g/mol. The smallest absolute Gasteiger partial charge is 0.252 e. The monoisotopic (exact) mass is 262 g/mol. The van der Waals surface area contributed by atoms with Crippen LogP contribution in [-0.4, -0.2) is 5.24 Å². The molecule has 2 rings (SSSR count). The molecule has 0 spiro atoms. The maximum absolute atomic E-state index is 13.3. The van der Waals surface area contributed by atoms with E-state index in [-0.39, 0.29) is 5.82 Å². The van der Waals surface area contributed by atoms with Crippen molar-refractivity contribution in [2.24, 2.45) is 0 Å². The van der Waals surface area contributed by atoms with Crippen LogP contribution >= 0.6 is 11.6 Å². The zero-order chi connectivity index (χ0) is 13.1. The fourth-order valence-corrected chi connectivity index (χ4v) is 2.10. The molecule has 0 heterocycles. The van der Waals surface area contributed by atoms with Crippen molar-refractivity contribution in [3.05, 3.63) is 70.5 Å². The second-order valence-corrected chi connectivity index (χ2v) is 4.52. The number of rotatable bonds is 3. The summed E-state index contributed by atoms with van der Waals surface area (Å²) in [5, 5.41) is -0.557. The summed E-state index contributed by atoms with van der Waals surface area (Å²) in [5.41, 5.74) is 3.14. The van der Waals surface area contributed by atoms with Gasteiger partial charge in [-0.3, -0.25) is 4.79 Å². The standard InChI is InChI=1S/C15H12ClFO/c1-10-4-2-3-5-11(10)8-12-9-13(17)6-7-14(12)15(16)18/h2-7,9H,8H2,1H3. The Morgan fingerprint density at radius 2 is 1.89 bits per heavy atom. The first-order chi connectivity index (χ1) is 8.58. The van der Waals surface area contributed by atoms with Crippen LogP contribution in [0.25, 0.3) is 0 Å². The van der Waals surface area contributed by atoms with Gasteiger partial charge in [-0.1, -0.05) is 24.3 Å². The van der Waals surface area contributed by atoms with Gasteiger partial charge in [0.1, 0.15) is 5.82 Å². The van der Waals surface area contributed by atoms with Gasteiger partial charge in [0.05, 0.1) is 0 Å². The van der Waals surface area contributed by atoms with E-state index in [0.717, 1.165) is 11.1 Å². The van der Waals surface area contributed by atoms with Crippen LogP contribution in [0.15, 0.2) is 42.5 Å². The van der Waals surface area contributed by atoms with Crippen molar-refractivity contribution >= 4 is 16.8 Å². The van der Waals surface area contributed by atoms with Crippen molar-refractivity contribution < 1.29 is 9.18 Å². The van der Waals surface area contributed by atoms with Crippen molar-refractivity contribution in [2.75, 3.05) is 0 Å². The third-order valence-electron chi connectivity index (χ3n) is 2.92. The Balaban J connectivity index is 2.42. The molecular formula is C15H12ClFO. The van der Waals surface area contributed by atoms with E-state index in [1.807, 2.05) is 31.2 Å². The van der Waals surface area contributed by atoms with Crippen LogP contribution in [0.4, 0.5) is 4.39 Å². The molecule has 0 bridgehead atoms. The number of carbonyl (C=O) groups excluding carboxylic acids is 1. The fourth-order valence-electron chi connectivity index (χ4n) is 1.91. The van der Waals surface area contributed by atoms with E-state index in [1.54, 1.807) is 0 Å². The van der Waals surface area contributed by atoms with E-state index in [9.17, 15) is 9.18 Å². The minimum absolute atomic E-state index is 0.361. The van der Waals surface area contributed by atoms with Crippen molar-refractivity contribution in [1.29, 1.82) is 0 Å². The summed E-state index contributed by atoms with van der Waals surface area (Å²) in [6, 6.07) is 11.8. The Kier molecular flexibility index (Phi) is 3.78. The van der Waals surface area contributed by atoms with Gasteiger partial charge in [-0.15, -0.1) is 0 Å². The predicted molar refractivity (Wildman–Crippen MR) is 70.6 cm³/mol. The molecule has 0 radical (unpaired) electrons. The highest BCUT2D eigenvalue weighted by Crippen LogP contribution is 2.19. The lowest BCUT2D eigenvalue weighted by molar-refractivity contribution is 0.108. The summed E-state index contributed by atoms with van der Waals surface area (Å²) in [6.45, 7) is 1.98. The Morgan fingerprint density at radius 1 is 1.17 bits per heavy atom. The van der Waals surface area contributed by atoms with Gasteiger partial charge in [0.2, 0.25) is 0 Å². The van der Waals surface area contributed by atoms with E-state index in [2.05, 4.69) is 0 Å². The average molecular weight is 263 g/mol. The van der Waals surface area contributed by atoms with Crippen LogP contribution in [0.1, 0.15) is 27.0 Å². The van der Waals surface area contributed by atoms with Crippen molar-refractivity contribution in [3.8, 4) is 0 Å². The summed E-state index contributed by atoms with van der Waals surface area (Å²) in [6.07, 6.45) is 0.498. The minimum atomic E-state index is -0.557. The van der Waals surface area contributed by atoms with E-state index in [4.69, 9.17) is 11.6 Å². The lowest BCUT2D eigenvalue weighted by atomic mass is 9.97. The lowest BCUT2D eigenvalue weighted by Gasteiger charge is -2.09. The Bertz CT molecular complexity index is 593. The Labute approximate surface area is 110 Å². The summed E-state index contributed by atoms with van der Waals surface area (Å²) in [7, 11) is 0. The maximum atomic E-state index is 13.3. The van der Waals surface area contributed by atoms with Crippen LogP contribution < -0.4 is 0 Å². The highest BCUT2D eigenvalue weighted by molar-refractivity contribution is 6.67. The molecule has 0 aromatic heterocycles. The molecule has 2 aromatic carbocycles. The van der Waals surface area contributed by atoms with Gasteiger partial charge >= 0.3 is 0 Å². The molecule has 0 saturated heterocycles. The molecule has 92 valence electrons. The minimum Gasteiger partial charge on any atom is -0.276 e. The number of hydrogen-bond acceptors (Lipinski definition) is 1. The second-order valence-electron chi connectivity index (χ2n) is 4.18. The maximum Gasteiger partial charge on any atom is 0.252 e. The fraction of sp³-hybridized carbons (Fsp3) is 0.133. The lowest BCUT2D eigenvalue weighted by Crippen LogP contribution is -2.01. The largest absolute Gasteiger partial charge is 0.276 e. The summed E-state index contributed by atoms with van der Waals surface area (Å²) < 4.78 is 13.3. The van der Waals surface area contributed by atoms with Crippen molar-refractivity contribution in [2.45, 2.75) is 13.3 Å². The van der Waals surface area contributed by atoms with Crippen LogP contribution in [0.3, 0.4) is 0 Å². The van der Waals surface area contributed by atoms with Gasteiger partial charge in [-0.2, -0.15) is 0 Å². The van der Waals surface area contributed by atoms with E-state index in [0.29, 0.717) is 17.5 Å². The number of benzene rings is 2. The molecule has 0 aliphatic carbocycles. The number of aryl methyl sites for hydroxylation is 1. The summed E-state index contributed by atoms with van der Waals surface area (Å²) in [4.78, 5) is 11.3. The zero-order valence-corrected chi connectivity index (χ0v) is 10.7. The van der Waals surface area contributed by atoms with Gasteiger partial charge in [0.15, 0.2) is 0 Å². The molecule has 0 amide bonds. The quantitative estimate of drug-likeness (QED) is 0.761. The number of halogens is 2. The third-order valence-corrected chi connectivity index (χ3v) is 3.12. The molecule has 2 aromatic rings. The van der Waals surface area contributed by atoms with Crippen molar-refractivity contribution in [1.82, 2.24) is 0 Å². The number of hydrogen-bond donors (Lipinski definition) is 0. The van der Waals surface area contributed by atoms with Crippen molar-refractivity contribution in [3.63, 3.8) is 0 Å². The van der Waals surface area contributed by atoms with Gasteiger partial charge in [0, 0.05) is 5.56 Å². The highest BCUT2D eigenvalue weighted by atomic mass is 35.5. The zero-order valence-electron chi connectivity index (χ0n) is 9.91. The van der Waals surface area contributed by atoms with Gasteiger partial charge in [-0.25, -0.2) is 4.39 Å². The molecule has 1 nitrogen and oxygen atoms in total. The third kappa shape index (κ3) is 2.77. The molecule has 0 unspecified atom stereocenters. The molecule has 0 fully saturated rings. The average Bonchev–Trinajstić information content (AvgIpc) is 2.32. The topological polar surface area (TPSA) is 17.1 Å². The normalized spacial score (nSPS) is 10.4. The summed E-state index contributed by atoms with van der Waals surface area (Å²) >= 11 is 5.51. The van der Waals surface area contributed by atoms with E-state index < -0.39 is 5.24 Å². The molecule has 0 atom stereocenters. The van der Waals surface area contributed by atoms with Crippen LogP contribution in [-0.2, 0) is 6.42 Å². The molecule has 18 heavy (non-hydrogen) atoms. The molecule has 0 aliphatic rings. The predicted octanol–water partition coefficient (Wildman–Crippen LogP) is 4.10. The molecule has 0 aliphatic heterocycles. The number of carbonyl (C=O) groups is 1. The first-order valence-electron chi connectivity index (χ1n) is 5.60. The molecule has 0 N–H and O–H groups in total. The first kappa shape index (κ1) is 12.8. The van der Waals surface area contributed by atoms with Crippen LogP contribution in [0.2, 0.25) is 0 Å². The van der Waals surface area contributed by atoms with Gasteiger partial charge < -0.3 is 0 Å². The van der Waals surface area contributed by atoms with E-state index in [1.165, 1.54) is 18.2 Å². The Hall–Kier alpha value is -1.67.